The molecular formula is C11H12N4S2. The van der Waals surface area contributed by atoms with Gasteiger partial charge in [-0.15, -0.1) is 11.3 Å². The summed E-state index contributed by atoms with van der Waals surface area (Å²) >= 11 is 6.74. The van der Waals surface area contributed by atoms with Crippen LogP contribution in [0.4, 0.5) is 0 Å². The van der Waals surface area contributed by atoms with Crippen LogP contribution in [0.2, 0.25) is 0 Å². The van der Waals surface area contributed by atoms with Crippen molar-refractivity contribution in [1.82, 2.24) is 19.9 Å². The van der Waals surface area contributed by atoms with Gasteiger partial charge in [-0.05, 0) is 12.2 Å². The van der Waals surface area contributed by atoms with Crippen molar-refractivity contribution >= 4 is 23.6 Å². The molecule has 1 N–H and O–H groups in total. The van der Waals surface area contributed by atoms with Crippen LogP contribution in [0.1, 0.15) is 16.1 Å². The van der Waals surface area contributed by atoms with Crippen LogP contribution < -0.4 is 0 Å². The summed E-state index contributed by atoms with van der Waals surface area (Å²) in [6.07, 6.45) is 4.85. The van der Waals surface area contributed by atoms with Gasteiger partial charge in [0.05, 0.1) is 5.51 Å². The Morgan fingerprint density at radius 2 is 2.41 bits per heavy atom. The van der Waals surface area contributed by atoms with E-state index in [1.807, 2.05) is 17.9 Å². The van der Waals surface area contributed by atoms with E-state index < -0.39 is 0 Å². The molecule has 3 heterocycles. The van der Waals surface area contributed by atoms with Crippen molar-refractivity contribution in [2.75, 3.05) is 6.54 Å². The molecule has 1 aliphatic heterocycles. The minimum Gasteiger partial charge on any atom is -0.334 e. The molecule has 0 bridgehead atoms. The minimum atomic E-state index is 0.583. The summed E-state index contributed by atoms with van der Waals surface area (Å²) in [5.74, 6) is 0. The molecular weight excluding hydrogens is 252 g/mol. The smallest absolute Gasteiger partial charge is 0.196 e. The van der Waals surface area contributed by atoms with Gasteiger partial charge in [0.25, 0.3) is 0 Å². The largest absolute Gasteiger partial charge is 0.334 e. The monoisotopic (exact) mass is 264 g/mol. The molecule has 0 unspecified atom stereocenters. The molecule has 0 radical (unpaired) electrons. The van der Waals surface area contributed by atoms with E-state index in [1.54, 1.807) is 11.3 Å². The van der Waals surface area contributed by atoms with Crippen molar-refractivity contribution in [2.24, 2.45) is 0 Å². The van der Waals surface area contributed by atoms with E-state index in [4.69, 9.17) is 12.2 Å². The molecule has 0 atom stereocenters. The lowest BCUT2D eigenvalue weighted by Gasteiger charge is -2.27. The maximum absolute atomic E-state index is 5.03. The maximum Gasteiger partial charge on any atom is 0.196 e. The van der Waals surface area contributed by atoms with Crippen LogP contribution in [-0.2, 0) is 19.5 Å². The van der Waals surface area contributed by atoms with E-state index in [0.29, 0.717) is 4.77 Å². The third kappa shape index (κ3) is 2.43. The summed E-state index contributed by atoms with van der Waals surface area (Å²) in [6.45, 7) is 2.96. The summed E-state index contributed by atoms with van der Waals surface area (Å²) in [5, 5.41) is 0. The summed E-state index contributed by atoms with van der Waals surface area (Å²) in [5.41, 5.74) is 4.38. The topological polar surface area (TPSA) is 44.8 Å². The first-order valence-corrected chi connectivity index (χ1v) is 6.77. The third-order valence-corrected chi connectivity index (χ3v) is 3.89. The van der Waals surface area contributed by atoms with Crippen molar-refractivity contribution in [3.63, 3.8) is 0 Å². The number of aromatic nitrogens is 3. The molecule has 0 fully saturated rings. The fraction of sp³-hybridized carbons (Fsp3) is 0.364. The van der Waals surface area contributed by atoms with Gasteiger partial charge in [-0.25, -0.2) is 4.98 Å². The second-order valence-corrected chi connectivity index (χ2v) is 5.48. The molecule has 2 aromatic heterocycles. The highest BCUT2D eigenvalue weighted by Gasteiger charge is 2.17. The van der Waals surface area contributed by atoms with E-state index >= 15 is 0 Å². The number of rotatable bonds is 2. The maximum atomic E-state index is 5.03. The Morgan fingerprint density at radius 1 is 1.47 bits per heavy atom. The van der Waals surface area contributed by atoms with Crippen molar-refractivity contribution in [2.45, 2.75) is 19.5 Å². The number of nitrogens with zero attached hydrogens (tertiary/aromatic N) is 3. The first-order valence-electron chi connectivity index (χ1n) is 5.48. The molecule has 1 aliphatic rings. The number of aromatic amines is 1. The van der Waals surface area contributed by atoms with Gasteiger partial charge in [0.15, 0.2) is 4.77 Å². The second kappa shape index (κ2) is 4.64. The fourth-order valence-corrected chi connectivity index (χ4v) is 2.89. The second-order valence-electron chi connectivity index (χ2n) is 4.12. The molecule has 0 amide bonds. The van der Waals surface area contributed by atoms with Crippen molar-refractivity contribution < 1.29 is 0 Å². The highest BCUT2D eigenvalue weighted by molar-refractivity contribution is 7.71. The van der Waals surface area contributed by atoms with Crippen LogP contribution in [0.15, 0.2) is 17.9 Å². The summed E-state index contributed by atoms with van der Waals surface area (Å²) in [6, 6.07) is 0. The minimum absolute atomic E-state index is 0.583. The zero-order chi connectivity index (χ0) is 11.7. The molecule has 4 nitrogen and oxygen atoms in total. The Bertz CT molecular complexity index is 561. The zero-order valence-corrected chi connectivity index (χ0v) is 10.9. The van der Waals surface area contributed by atoms with Crippen LogP contribution in [0.5, 0.6) is 0 Å². The Labute approximate surface area is 108 Å². The van der Waals surface area contributed by atoms with Gasteiger partial charge >= 0.3 is 0 Å². The van der Waals surface area contributed by atoms with E-state index in [0.717, 1.165) is 26.1 Å². The predicted molar refractivity (Wildman–Crippen MR) is 69.4 cm³/mol. The lowest BCUT2D eigenvalue weighted by atomic mass is 10.1. The van der Waals surface area contributed by atoms with Crippen LogP contribution in [0.3, 0.4) is 0 Å². The molecule has 17 heavy (non-hydrogen) atoms. The van der Waals surface area contributed by atoms with Crippen LogP contribution >= 0.6 is 23.6 Å². The molecule has 0 saturated carbocycles. The molecule has 3 rings (SSSR count). The summed E-state index contributed by atoms with van der Waals surface area (Å²) < 4.78 is 0.583. The first kappa shape index (κ1) is 11.0. The highest BCUT2D eigenvalue weighted by Crippen LogP contribution is 2.19. The summed E-state index contributed by atoms with van der Waals surface area (Å²) in [7, 11) is 0. The van der Waals surface area contributed by atoms with Gasteiger partial charge in [-0.3, -0.25) is 9.88 Å². The van der Waals surface area contributed by atoms with Gasteiger partial charge in [0.2, 0.25) is 0 Å². The van der Waals surface area contributed by atoms with Gasteiger partial charge in [0, 0.05) is 54.6 Å². The third-order valence-electron chi connectivity index (χ3n) is 2.92. The van der Waals surface area contributed by atoms with E-state index in [9.17, 15) is 0 Å². The van der Waals surface area contributed by atoms with Crippen molar-refractivity contribution in [1.29, 1.82) is 0 Å². The first-order chi connectivity index (χ1) is 8.31. The number of hydrogen-bond acceptors (Lipinski definition) is 5. The van der Waals surface area contributed by atoms with Crippen LogP contribution in [0, 0.1) is 4.77 Å². The van der Waals surface area contributed by atoms with Crippen molar-refractivity contribution in [3.8, 4) is 0 Å². The Morgan fingerprint density at radius 3 is 3.24 bits per heavy atom. The predicted octanol–water partition coefficient (Wildman–Crippen LogP) is 2.15. The lowest BCUT2D eigenvalue weighted by molar-refractivity contribution is 0.244. The van der Waals surface area contributed by atoms with Gasteiger partial charge < -0.3 is 4.98 Å². The Balaban J connectivity index is 1.76. The molecule has 2 aromatic rings. The number of nitrogens with one attached hydrogen (secondary N) is 1. The Hall–Kier alpha value is -1.11. The van der Waals surface area contributed by atoms with Crippen molar-refractivity contribution in [3.05, 3.63) is 38.8 Å². The van der Waals surface area contributed by atoms with Crippen LogP contribution in [-0.4, -0.2) is 26.4 Å². The zero-order valence-electron chi connectivity index (χ0n) is 9.22. The Kier molecular flexibility index (Phi) is 3.00. The lowest BCUT2D eigenvalue weighted by Crippen LogP contribution is -2.30. The number of thiazole rings is 1. The molecule has 0 spiro atoms. The van der Waals surface area contributed by atoms with Gasteiger partial charge in [-0.2, -0.15) is 0 Å². The van der Waals surface area contributed by atoms with E-state index in [-0.39, 0.29) is 0 Å². The molecule has 0 aromatic carbocycles. The molecule has 0 saturated heterocycles. The normalized spacial score (nSPS) is 15.8. The molecule has 88 valence electrons. The number of fused-ring (bicyclic) bond motifs is 1. The SMILES string of the molecule is S=c1ncc2c([nH]1)CCN(Cc1cncs1)C2. The summed E-state index contributed by atoms with van der Waals surface area (Å²) in [4.78, 5) is 15.1. The van der Waals surface area contributed by atoms with E-state index in [1.165, 1.54) is 16.1 Å². The standard InChI is InChI=1S/C11H12N4S2/c16-11-13-3-8-5-15(2-1-10(8)14-11)6-9-4-12-7-17-9/h3-4,7H,1-2,5-6H2,(H,13,14,16). The van der Waals surface area contributed by atoms with Gasteiger partial charge in [0.1, 0.15) is 0 Å². The highest BCUT2D eigenvalue weighted by atomic mass is 32.1. The quantitative estimate of drug-likeness (QED) is 0.844. The number of H-pyrrole nitrogens is 1. The molecule has 6 heteroatoms. The van der Waals surface area contributed by atoms with Crippen LogP contribution in [0.25, 0.3) is 0 Å². The van der Waals surface area contributed by atoms with E-state index in [2.05, 4.69) is 19.9 Å². The molecule has 0 aliphatic carbocycles. The average Bonchev–Trinajstić information content (AvgIpc) is 2.82. The average molecular weight is 264 g/mol. The fourth-order valence-electron chi connectivity index (χ4n) is 2.08. The number of hydrogen-bond donors (Lipinski definition) is 1. The van der Waals surface area contributed by atoms with Gasteiger partial charge in [-0.1, -0.05) is 0 Å².